The molecule has 2 heterocycles. The van der Waals surface area contributed by atoms with Gasteiger partial charge in [-0.3, -0.25) is 14.6 Å². The summed E-state index contributed by atoms with van der Waals surface area (Å²) in [6, 6.07) is 7.40. The van der Waals surface area contributed by atoms with E-state index in [0.717, 1.165) is 63.0 Å². The van der Waals surface area contributed by atoms with Crippen molar-refractivity contribution >= 4 is 11.6 Å². The fraction of sp³-hybridized carbons (Fsp3) is 0.500. The molecule has 0 atom stereocenters. The summed E-state index contributed by atoms with van der Waals surface area (Å²) in [5, 5.41) is 2.95. The molecule has 1 saturated heterocycles. The quantitative estimate of drug-likeness (QED) is 0.765. The highest BCUT2D eigenvalue weighted by Crippen LogP contribution is 2.15. The zero-order valence-electron chi connectivity index (χ0n) is 16.2. The topological polar surface area (TPSA) is 62.6 Å². The molecule has 1 fully saturated rings. The van der Waals surface area contributed by atoms with Crippen LogP contribution in [0.25, 0.3) is 0 Å². The van der Waals surface area contributed by atoms with E-state index in [1.807, 2.05) is 30.5 Å². The smallest absolute Gasteiger partial charge is 0.238 e. The zero-order chi connectivity index (χ0) is 19.1. The van der Waals surface area contributed by atoms with Crippen molar-refractivity contribution in [2.75, 3.05) is 51.7 Å². The van der Waals surface area contributed by atoms with Gasteiger partial charge in [0.05, 0.1) is 13.7 Å². The van der Waals surface area contributed by atoms with Gasteiger partial charge >= 0.3 is 0 Å². The summed E-state index contributed by atoms with van der Waals surface area (Å²) in [7, 11) is 1.63. The Hall–Kier alpha value is -2.38. The number of hydrogen-bond donors (Lipinski definition) is 1. The number of piperazine rings is 1. The molecule has 3 rings (SSSR count). The fourth-order valence-corrected chi connectivity index (χ4v) is 3.36. The van der Waals surface area contributed by atoms with Gasteiger partial charge in [0, 0.05) is 63.8 Å². The molecule has 1 aromatic heterocycles. The number of hydrogen-bond acceptors (Lipinski definition) is 5. The van der Waals surface area contributed by atoms with Crippen LogP contribution < -0.4 is 10.1 Å². The van der Waals surface area contributed by atoms with E-state index in [4.69, 9.17) is 4.74 Å². The third-order valence-corrected chi connectivity index (χ3v) is 4.98. The number of carbonyl (C=O) groups excluding carboxylic acids is 1. The van der Waals surface area contributed by atoms with Crippen molar-refractivity contribution in [3.63, 3.8) is 0 Å². The predicted octanol–water partition coefficient (Wildman–Crippen LogP) is 1.71. The lowest BCUT2D eigenvalue weighted by Gasteiger charge is -2.34. The Morgan fingerprint density at radius 1 is 1.11 bits per heavy atom. The molecule has 0 unspecified atom stereocenters. The van der Waals surface area contributed by atoms with Gasteiger partial charge in [-0.25, -0.2) is 4.98 Å². The Kier molecular flexibility index (Phi) is 6.84. The Bertz CT molecular complexity index is 720. The van der Waals surface area contributed by atoms with Crippen molar-refractivity contribution in [3.05, 3.63) is 42.5 Å². The Morgan fingerprint density at radius 3 is 2.48 bits per heavy atom. The number of anilines is 1. The van der Waals surface area contributed by atoms with Crippen LogP contribution in [0.4, 0.5) is 5.69 Å². The number of nitrogens with one attached hydrogen (secondary N) is 1. The highest BCUT2D eigenvalue weighted by atomic mass is 16.5. The summed E-state index contributed by atoms with van der Waals surface area (Å²) in [6.45, 7) is 8.38. The Labute approximate surface area is 160 Å². The maximum absolute atomic E-state index is 12.3. The van der Waals surface area contributed by atoms with Crippen molar-refractivity contribution in [2.45, 2.75) is 19.9 Å². The van der Waals surface area contributed by atoms with E-state index < -0.39 is 0 Å². The number of rotatable bonds is 8. The second-order valence-electron chi connectivity index (χ2n) is 6.78. The molecule has 146 valence electrons. The molecule has 1 aliphatic rings. The van der Waals surface area contributed by atoms with Crippen LogP contribution in [-0.2, 0) is 17.8 Å². The molecule has 0 saturated carbocycles. The summed E-state index contributed by atoms with van der Waals surface area (Å²) in [5.74, 6) is 1.95. The van der Waals surface area contributed by atoms with Gasteiger partial charge in [-0.2, -0.15) is 0 Å². The highest BCUT2D eigenvalue weighted by molar-refractivity contribution is 5.92. The lowest BCUT2D eigenvalue weighted by molar-refractivity contribution is -0.117. The van der Waals surface area contributed by atoms with Crippen LogP contribution in [0.5, 0.6) is 5.75 Å². The molecule has 0 bridgehead atoms. The largest absolute Gasteiger partial charge is 0.497 e. The second-order valence-corrected chi connectivity index (χ2v) is 6.78. The average molecular weight is 371 g/mol. The van der Waals surface area contributed by atoms with Crippen molar-refractivity contribution < 1.29 is 9.53 Å². The number of ether oxygens (including phenoxy) is 1. The van der Waals surface area contributed by atoms with E-state index in [1.54, 1.807) is 7.11 Å². The number of aryl methyl sites for hydroxylation is 1. The number of benzene rings is 1. The Morgan fingerprint density at radius 2 is 1.81 bits per heavy atom. The summed E-state index contributed by atoms with van der Waals surface area (Å²) in [4.78, 5) is 21.3. The third kappa shape index (κ3) is 5.55. The zero-order valence-corrected chi connectivity index (χ0v) is 16.2. The lowest BCUT2D eigenvalue weighted by atomic mass is 10.3. The van der Waals surface area contributed by atoms with Gasteiger partial charge in [0.15, 0.2) is 0 Å². The first kappa shape index (κ1) is 19.4. The molecule has 7 heteroatoms. The van der Waals surface area contributed by atoms with E-state index in [-0.39, 0.29) is 5.91 Å². The highest BCUT2D eigenvalue weighted by Gasteiger charge is 2.19. The molecule has 0 radical (unpaired) electrons. The first-order chi connectivity index (χ1) is 13.2. The monoisotopic (exact) mass is 371 g/mol. The molecule has 27 heavy (non-hydrogen) atoms. The molecule has 0 spiro atoms. The Balaban J connectivity index is 1.37. The van der Waals surface area contributed by atoms with Crippen LogP contribution in [-0.4, -0.2) is 71.6 Å². The maximum Gasteiger partial charge on any atom is 0.238 e. The van der Waals surface area contributed by atoms with Crippen LogP contribution in [0.3, 0.4) is 0 Å². The van der Waals surface area contributed by atoms with E-state index in [1.165, 1.54) is 0 Å². The fourth-order valence-electron chi connectivity index (χ4n) is 3.36. The van der Waals surface area contributed by atoms with Crippen LogP contribution in [0.15, 0.2) is 36.7 Å². The second kappa shape index (κ2) is 9.53. The molecular weight excluding hydrogens is 342 g/mol. The number of amides is 1. The van der Waals surface area contributed by atoms with Gasteiger partial charge in [-0.1, -0.05) is 6.92 Å². The third-order valence-electron chi connectivity index (χ3n) is 4.98. The summed E-state index contributed by atoms with van der Waals surface area (Å²) >= 11 is 0. The normalized spacial score (nSPS) is 15.6. The van der Waals surface area contributed by atoms with Crippen molar-refractivity contribution in [1.29, 1.82) is 0 Å². The van der Waals surface area contributed by atoms with Crippen LogP contribution in [0, 0.1) is 0 Å². The standard InChI is InChI=1S/C20H29N5O2/c1-3-19-21-8-9-25(19)15-14-23-10-12-24(13-11-23)16-20(26)22-17-4-6-18(27-2)7-5-17/h4-9H,3,10-16H2,1-2H3,(H,22,26). The van der Waals surface area contributed by atoms with Crippen molar-refractivity contribution in [1.82, 2.24) is 19.4 Å². The summed E-state index contributed by atoms with van der Waals surface area (Å²) in [5.41, 5.74) is 0.798. The maximum atomic E-state index is 12.3. The van der Waals surface area contributed by atoms with E-state index in [9.17, 15) is 4.79 Å². The minimum atomic E-state index is 0.0274. The van der Waals surface area contributed by atoms with Gasteiger partial charge in [-0.05, 0) is 24.3 Å². The van der Waals surface area contributed by atoms with E-state index in [0.29, 0.717) is 6.54 Å². The van der Waals surface area contributed by atoms with Crippen molar-refractivity contribution in [2.24, 2.45) is 0 Å². The van der Waals surface area contributed by atoms with Gasteiger partial charge in [-0.15, -0.1) is 0 Å². The summed E-state index contributed by atoms with van der Waals surface area (Å²) < 4.78 is 7.36. The lowest BCUT2D eigenvalue weighted by Crippen LogP contribution is -2.49. The summed E-state index contributed by atoms with van der Waals surface area (Å²) in [6.07, 6.45) is 4.89. The molecule has 0 aliphatic carbocycles. The molecule has 1 aliphatic heterocycles. The van der Waals surface area contributed by atoms with E-state index in [2.05, 4.69) is 37.8 Å². The number of carbonyl (C=O) groups is 1. The molecular formula is C20H29N5O2. The molecule has 1 amide bonds. The molecule has 1 N–H and O–H groups in total. The van der Waals surface area contributed by atoms with Gasteiger partial charge in [0.2, 0.25) is 5.91 Å². The van der Waals surface area contributed by atoms with Crippen LogP contribution >= 0.6 is 0 Å². The van der Waals surface area contributed by atoms with Crippen LogP contribution in [0.2, 0.25) is 0 Å². The first-order valence-electron chi connectivity index (χ1n) is 9.56. The predicted molar refractivity (Wildman–Crippen MR) is 106 cm³/mol. The average Bonchev–Trinajstić information content (AvgIpc) is 3.15. The number of aromatic nitrogens is 2. The number of imidazole rings is 1. The van der Waals surface area contributed by atoms with E-state index >= 15 is 0 Å². The van der Waals surface area contributed by atoms with Gasteiger partial charge < -0.3 is 14.6 Å². The molecule has 7 nitrogen and oxygen atoms in total. The molecule has 2 aromatic rings. The first-order valence-corrected chi connectivity index (χ1v) is 9.56. The minimum absolute atomic E-state index is 0.0274. The number of methoxy groups -OCH3 is 1. The SMILES string of the molecule is CCc1nccn1CCN1CCN(CC(=O)Nc2ccc(OC)cc2)CC1. The van der Waals surface area contributed by atoms with Crippen molar-refractivity contribution in [3.8, 4) is 5.75 Å². The van der Waals surface area contributed by atoms with Gasteiger partial charge in [0.1, 0.15) is 11.6 Å². The molecule has 1 aromatic carbocycles. The number of nitrogens with zero attached hydrogens (tertiary/aromatic N) is 4. The van der Waals surface area contributed by atoms with Crippen LogP contribution in [0.1, 0.15) is 12.7 Å². The minimum Gasteiger partial charge on any atom is -0.497 e. The van der Waals surface area contributed by atoms with Gasteiger partial charge in [0.25, 0.3) is 0 Å².